The third-order valence-corrected chi connectivity index (χ3v) is 5.93. The Morgan fingerprint density at radius 2 is 1.94 bits per heavy atom. The van der Waals surface area contributed by atoms with Crippen molar-refractivity contribution in [3.63, 3.8) is 0 Å². The summed E-state index contributed by atoms with van der Waals surface area (Å²) in [6.07, 6.45) is 1.42. The number of benzene rings is 1. The van der Waals surface area contributed by atoms with Crippen LogP contribution in [-0.2, 0) is 6.42 Å². The number of carbonyl (C=O) groups is 2. The van der Waals surface area contributed by atoms with Gasteiger partial charge in [-0.15, -0.1) is 0 Å². The molecule has 5 rings (SSSR count). The Balaban J connectivity index is 1.68. The molecular weight excluding hydrogens is 408 g/mol. The van der Waals surface area contributed by atoms with E-state index in [-0.39, 0.29) is 5.91 Å². The zero-order chi connectivity index (χ0) is 22.6. The molecule has 0 spiro atoms. The van der Waals surface area contributed by atoms with Gasteiger partial charge in [0, 0.05) is 23.4 Å². The lowest BCUT2D eigenvalue weighted by Crippen LogP contribution is -2.36. The highest BCUT2D eigenvalue weighted by molar-refractivity contribution is 6.15. The number of rotatable bonds is 3. The molecule has 162 valence electrons. The summed E-state index contributed by atoms with van der Waals surface area (Å²) in [5.74, 6) is 0.763. The zero-order valence-electron chi connectivity index (χ0n) is 18.1. The number of primary amides is 1. The number of hydrogen-bond acceptors (Lipinski definition) is 6. The average Bonchev–Trinajstić information content (AvgIpc) is 3.32. The van der Waals surface area contributed by atoms with Crippen LogP contribution in [0.15, 0.2) is 39.3 Å². The minimum absolute atomic E-state index is 0.203. The zero-order valence-corrected chi connectivity index (χ0v) is 18.1. The molecule has 0 fully saturated rings. The fraction of sp³-hybridized carbons (Fsp3) is 0.250. The highest BCUT2D eigenvalue weighted by Crippen LogP contribution is 2.35. The number of anilines is 1. The molecule has 1 aromatic carbocycles. The van der Waals surface area contributed by atoms with E-state index < -0.39 is 5.91 Å². The van der Waals surface area contributed by atoms with Gasteiger partial charge in [-0.1, -0.05) is 11.2 Å². The number of carbonyl (C=O) groups excluding carboxylic acids is 2. The highest BCUT2D eigenvalue weighted by Gasteiger charge is 2.29. The number of aromatic nitrogens is 2. The monoisotopic (exact) mass is 430 g/mol. The summed E-state index contributed by atoms with van der Waals surface area (Å²) < 4.78 is 11.1. The Kier molecular flexibility index (Phi) is 4.58. The third-order valence-electron chi connectivity index (χ3n) is 5.93. The van der Waals surface area contributed by atoms with Gasteiger partial charge in [-0.05, 0) is 63.4 Å². The van der Waals surface area contributed by atoms with Crippen molar-refractivity contribution in [3.05, 3.63) is 64.2 Å². The van der Waals surface area contributed by atoms with Gasteiger partial charge < -0.3 is 19.6 Å². The molecule has 0 saturated heterocycles. The number of pyridine rings is 1. The van der Waals surface area contributed by atoms with E-state index in [0.29, 0.717) is 58.0 Å². The van der Waals surface area contributed by atoms with E-state index >= 15 is 0 Å². The molecule has 2 amide bonds. The predicted molar refractivity (Wildman–Crippen MR) is 119 cm³/mol. The van der Waals surface area contributed by atoms with Crippen molar-refractivity contribution >= 4 is 28.6 Å². The summed E-state index contributed by atoms with van der Waals surface area (Å²) in [6.45, 7) is 6.03. The van der Waals surface area contributed by atoms with E-state index in [2.05, 4.69) is 10.1 Å². The van der Waals surface area contributed by atoms with Crippen LogP contribution < -0.4 is 10.6 Å². The van der Waals surface area contributed by atoms with Crippen LogP contribution in [0.4, 0.5) is 5.69 Å². The second kappa shape index (κ2) is 7.33. The second-order valence-electron chi connectivity index (χ2n) is 8.06. The molecular formula is C24H22N4O4. The number of hydrogen-bond donors (Lipinski definition) is 1. The van der Waals surface area contributed by atoms with Crippen LogP contribution in [0.25, 0.3) is 22.4 Å². The van der Waals surface area contributed by atoms with Crippen LogP contribution >= 0.6 is 0 Å². The minimum Gasteiger partial charge on any atom is -0.466 e. The van der Waals surface area contributed by atoms with Gasteiger partial charge in [0.15, 0.2) is 0 Å². The molecule has 0 atom stereocenters. The van der Waals surface area contributed by atoms with Crippen molar-refractivity contribution in [2.75, 3.05) is 11.4 Å². The summed E-state index contributed by atoms with van der Waals surface area (Å²) in [4.78, 5) is 32.1. The number of amides is 2. The van der Waals surface area contributed by atoms with Gasteiger partial charge in [0.2, 0.25) is 5.91 Å². The molecule has 0 saturated carbocycles. The molecule has 0 aliphatic carbocycles. The van der Waals surface area contributed by atoms with Crippen LogP contribution in [0.5, 0.6) is 0 Å². The van der Waals surface area contributed by atoms with Crippen molar-refractivity contribution in [1.82, 2.24) is 10.1 Å². The lowest BCUT2D eigenvalue weighted by molar-refractivity contribution is 0.0978. The van der Waals surface area contributed by atoms with E-state index in [1.807, 2.05) is 26.0 Å². The molecule has 0 bridgehead atoms. The van der Waals surface area contributed by atoms with E-state index in [1.165, 1.54) is 0 Å². The third kappa shape index (κ3) is 3.07. The molecule has 8 nitrogen and oxygen atoms in total. The topological polar surface area (TPSA) is 115 Å². The number of furan rings is 1. The number of nitrogens with zero attached hydrogens (tertiary/aromatic N) is 3. The summed E-state index contributed by atoms with van der Waals surface area (Å²) in [5.41, 5.74) is 10.2. The fourth-order valence-corrected chi connectivity index (χ4v) is 4.50. The largest absolute Gasteiger partial charge is 0.466 e. The van der Waals surface area contributed by atoms with Crippen molar-refractivity contribution < 1.29 is 18.5 Å². The van der Waals surface area contributed by atoms with Gasteiger partial charge >= 0.3 is 0 Å². The van der Waals surface area contributed by atoms with E-state index in [0.717, 1.165) is 23.3 Å². The first-order valence-electron chi connectivity index (χ1n) is 10.4. The van der Waals surface area contributed by atoms with Crippen molar-refractivity contribution in [2.45, 2.75) is 33.6 Å². The van der Waals surface area contributed by atoms with Crippen molar-refractivity contribution in [2.24, 2.45) is 5.73 Å². The maximum atomic E-state index is 13.9. The fourth-order valence-electron chi connectivity index (χ4n) is 4.50. The van der Waals surface area contributed by atoms with Gasteiger partial charge in [0.05, 0.1) is 22.3 Å². The molecule has 8 heteroatoms. The molecule has 1 aliphatic heterocycles. The normalized spacial score (nSPS) is 13.4. The molecule has 2 N–H and O–H groups in total. The Hall–Kier alpha value is -3.94. The first kappa shape index (κ1) is 20.0. The van der Waals surface area contributed by atoms with Crippen LogP contribution in [0.1, 0.15) is 49.9 Å². The maximum absolute atomic E-state index is 13.9. The van der Waals surface area contributed by atoms with Gasteiger partial charge in [-0.25, -0.2) is 4.98 Å². The lowest BCUT2D eigenvalue weighted by atomic mass is 9.95. The molecule has 0 radical (unpaired) electrons. The summed E-state index contributed by atoms with van der Waals surface area (Å²) in [6, 6.07) is 8.95. The Bertz CT molecular complexity index is 1400. The van der Waals surface area contributed by atoms with Crippen molar-refractivity contribution in [3.8, 4) is 11.3 Å². The standard InChI is InChI=1S/C24H22N4O4/c1-12-10-17(14(3)31-12)19-11-18(21-13(2)27-32-23(21)26-19)24(30)28-9-5-7-15-16(22(25)29)6-4-8-20(15)28/h4,6,8,10-11H,5,7,9H2,1-3H3,(H2,25,29). The minimum atomic E-state index is -0.495. The second-order valence-corrected chi connectivity index (χ2v) is 8.06. The molecule has 4 aromatic rings. The van der Waals surface area contributed by atoms with E-state index in [9.17, 15) is 9.59 Å². The summed E-state index contributed by atoms with van der Waals surface area (Å²) in [7, 11) is 0. The number of nitrogens with two attached hydrogens (primary N) is 1. The molecule has 1 aliphatic rings. The SMILES string of the molecule is Cc1cc(-c2cc(C(=O)N3CCCc4c(C(N)=O)cccc43)c3c(C)noc3n2)c(C)o1. The maximum Gasteiger partial charge on any atom is 0.259 e. The highest BCUT2D eigenvalue weighted by atomic mass is 16.5. The quantitative estimate of drug-likeness (QED) is 0.523. The lowest BCUT2D eigenvalue weighted by Gasteiger charge is -2.30. The first-order chi connectivity index (χ1) is 15.3. The van der Waals surface area contributed by atoms with Crippen LogP contribution in [0, 0.1) is 20.8 Å². The Labute approximate surface area is 184 Å². The van der Waals surface area contributed by atoms with Crippen LogP contribution in [0.2, 0.25) is 0 Å². The summed E-state index contributed by atoms with van der Waals surface area (Å²) in [5, 5.41) is 4.61. The molecule has 32 heavy (non-hydrogen) atoms. The number of aryl methyl sites for hydroxylation is 3. The molecule has 4 heterocycles. The number of fused-ring (bicyclic) bond motifs is 2. The van der Waals surface area contributed by atoms with Gasteiger partial charge in [0.25, 0.3) is 11.6 Å². The summed E-state index contributed by atoms with van der Waals surface area (Å²) >= 11 is 0. The Morgan fingerprint density at radius 1 is 1.12 bits per heavy atom. The first-order valence-corrected chi connectivity index (χ1v) is 10.4. The average molecular weight is 430 g/mol. The van der Waals surface area contributed by atoms with Gasteiger partial charge in [-0.3, -0.25) is 9.59 Å². The van der Waals surface area contributed by atoms with Gasteiger partial charge in [0.1, 0.15) is 11.5 Å². The van der Waals surface area contributed by atoms with E-state index in [1.54, 1.807) is 30.0 Å². The Morgan fingerprint density at radius 3 is 2.66 bits per heavy atom. The van der Waals surface area contributed by atoms with Crippen LogP contribution in [0.3, 0.4) is 0 Å². The molecule has 0 unspecified atom stereocenters. The van der Waals surface area contributed by atoms with Crippen LogP contribution in [-0.4, -0.2) is 28.5 Å². The smallest absolute Gasteiger partial charge is 0.259 e. The van der Waals surface area contributed by atoms with Gasteiger partial charge in [-0.2, -0.15) is 0 Å². The predicted octanol–water partition coefficient (Wildman–Crippen LogP) is 4.10. The van der Waals surface area contributed by atoms with Crippen molar-refractivity contribution in [1.29, 1.82) is 0 Å². The molecule has 3 aromatic heterocycles. The van der Waals surface area contributed by atoms with E-state index in [4.69, 9.17) is 14.7 Å².